The molecule has 0 aromatic rings. The minimum Gasteiger partial charge on any atom is -0.305 e. The van der Waals surface area contributed by atoms with Crippen molar-refractivity contribution in [1.82, 2.24) is 5.32 Å². The maximum atomic E-state index is 11.4. The summed E-state index contributed by atoms with van der Waals surface area (Å²) in [7, 11) is 0. The molecule has 1 N–H and O–H groups in total. The SMILES string of the molecule is CC(C)(C)NCC(=O)CC1CCC1. The molecule has 76 valence electrons. The summed E-state index contributed by atoms with van der Waals surface area (Å²) >= 11 is 0. The van der Waals surface area contributed by atoms with Crippen molar-refractivity contribution in [3.05, 3.63) is 0 Å². The molecule has 13 heavy (non-hydrogen) atoms. The number of Topliss-reactive ketones (excluding diaryl/α,β-unsaturated/α-hetero) is 1. The molecule has 0 atom stereocenters. The molecule has 0 aliphatic heterocycles. The molecule has 0 heterocycles. The topological polar surface area (TPSA) is 29.1 Å². The molecule has 0 amide bonds. The highest BCUT2D eigenvalue weighted by atomic mass is 16.1. The lowest BCUT2D eigenvalue weighted by atomic mass is 9.82. The van der Waals surface area contributed by atoms with E-state index < -0.39 is 0 Å². The summed E-state index contributed by atoms with van der Waals surface area (Å²) in [5, 5.41) is 3.23. The van der Waals surface area contributed by atoms with Crippen LogP contribution < -0.4 is 5.32 Å². The van der Waals surface area contributed by atoms with E-state index in [0.29, 0.717) is 18.2 Å². The summed E-state index contributed by atoms with van der Waals surface area (Å²) in [5.74, 6) is 1.08. The second-order valence-electron chi connectivity index (χ2n) is 5.14. The van der Waals surface area contributed by atoms with Gasteiger partial charge in [0.15, 0.2) is 0 Å². The standard InChI is InChI=1S/C11H21NO/c1-11(2,3)12-8-10(13)7-9-5-4-6-9/h9,12H,4-8H2,1-3H3. The number of nitrogens with one attached hydrogen (secondary N) is 1. The number of hydrogen-bond donors (Lipinski definition) is 1. The summed E-state index contributed by atoms with van der Waals surface area (Å²) < 4.78 is 0. The molecule has 1 fully saturated rings. The molecule has 0 bridgehead atoms. The first kappa shape index (κ1) is 10.7. The van der Waals surface area contributed by atoms with Gasteiger partial charge in [0, 0.05) is 12.0 Å². The largest absolute Gasteiger partial charge is 0.305 e. The molecule has 0 saturated heterocycles. The molecule has 1 saturated carbocycles. The van der Waals surface area contributed by atoms with E-state index >= 15 is 0 Å². The van der Waals surface area contributed by atoms with Crippen molar-refractivity contribution in [2.45, 2.75) is 52.0 Å². The second kappa shape index (κ2) is 4.23. The Balaban J connectivity index is 2.10. The lowest BCUT2D eigenvalue weighted by Crippen LogP contribution is -2.39. The fourth-order valence-electron chi connectivity index (χ4n) is 1.45. The van der Waals surface area contributed by atoms with Crippen LogP contribution in [0.25, 0.3) is 0 Å². The third kappa shape index (κ3) is 4.41. The predicted molar refractivity (Wildman–Crippen MR) is 54.7 cm³/mol. The van der Waals surface area contributed by atoms with Crippen LogP contribution in [0.5, 0.6) is 0 Å². The molecule has 0 aromatic carbocycles. The van der Waals surface area contributed by atoms with Gasteiger partial charge in [0.05, 0.1) is 6.54 Å². The van der Waals surface area contributed by atoms with Gasteiger partial charge in [-0.3, -0.25) is 4.79 Å². The number of carbonyl (C=O) groups excluding carboxylic acids is 1. The molecule has 0 radical (unpaired) electrons. The van der Waals surface area contributed by atoms with Crippen molar-refractivity contribution < 1.29 is 4.79 Å². The van der Waals surface area contributed by atoms with Crippen LogP contribution in [0, 0.1) is 5.92 Å². The molecule has 0 aromatic heterocycles. The summed E-state index contributed by atoms with van der Waals surface area (Å²) in [6.07, 6.45) is 4.65. The van der Waals surface area contributed by atoms with Gasteiger partial charge in [-0.2, -0.15) is 0 Å². The van der Waals surface area contributed by atoms with E-state index in [0.717, 1.165) is 6.42 Å². The zero-order valence-electron chi connectivity index (χ0n) is 9.02. The van der Waals surface area contributed by atoms with Crippen molar-refractivity contribution in [3.63, 3.8) is 0 Å². The molecule has 0 spiro atoms. The van der Waals surface area contributed by atoms with Crippen LogP contribution in [0.1, 0.15) is 46.5 Å². The molecule has 2 heteroatoms. The average Bonchev–Trinajstić information content (AvgIpc) is 1.91. The zero-order chi connectivity index (χ0) is 9.90. The molecular weight excluding hydrogens is 162 g/mol. The quantitative estimate of drug-likeness (QED) is 0.723. The Bertz CT molecular complexity index is 177. The summed E-state index contributed by atoms with van der Waals surface area (Å²) in [4.78, 5) is 11.4. The van der Waals surface area contributed by atoms with Gasteiger partial charge in [-0.25, -0.2) is 0 Å². The normalized spacial score (nSPS) is 18.4. The van der Waals surface area contributed by atoms with Crippen LogP contribution in [-0.4, -0.2) is 17.9 Å². The first-order chi connectivity index (χ1) is 5.97. The van der Waals surface area contributed by atoms with Gasteiger partial charge in [0.2, 0.25) is 0 Å². The smallest absolute Gasteiger partial charge is 0.146 e. The third-order valence-corrected chi connectivity index (χ3v) is 2.56. The van der Waals surface area contributed by atoms with Crippen molar-refractivity contribution in [1.29, 1.82) is 0 Å². The summed E-state index contributed by atoms with van der Waals surface area (Å²) in [6, 6.07) is 0. The molecule has 0 unspecified atom stereocenters. The van der Waals surface area contributed by atoms with Crippen LogP contribution in [0.2, 0.25) is 0 Å². The van der Waals surface area contributed by atoms with E-state index in [1.807, 2.05) is 0 Å². The highest BCUT2D eigenvalue weighted by molar-refractivity contribution is 5.80. The molecule has 2 nitrogen and oxygen atoms in total. The summed E-state index contributed by atoms with van der Waals surface area (Å²) in [5.41, 5.74) is 0.0648. The van der Waals surface area contributed by atoms with Gasteiger partial charge in [-0.05, 0) is 26.7 Å². The first-order valence-electron chi connectivity index (χ1n) is 5.24. The number of rotatable bonds is 4. The van der Waals surface area contributed by atoms with Crippen LogP contribution in [-0.2, 0) is 4.79 Å². The zero-order valence-corrected chi connectivity index (χ0v) is 9.02. The Morgan fingerprint density at radius 3 is 2.38 bits per heavy atom. The van der Waals surface area contributed by atoms with Gasteiger partial charge in [-0.1, -0.05) is 19.3 Å². The Morgan fingerprint density at radius 1 is 1.38 bits per heavy atom. The Kier molecular flexibility index (Phi) is 3.48. The fourth-order valence-corrected chi connectivity index (χ4v) is 1.45. The van der Waals surface area contributed by atoms with Gasteiger partial charge in [0.25, 0.3) is 0 Å². The van der Waals surface area contributed by atoms with E-state index in [1.54, 1.807) is 0 Å². The third-order valence-electron chi connectivity index (χ3n) is 2.56. The Morgan fingerprint density at radius 2 is 2.00 bits per heavy atom. The minimum absolute atomic E-state index is 0.0648. The van der Waals surface area contributed by atoms with E-state index in [-0.39, 0.29) is 5.54 Å². The maximum absolute atomic E-state index is 11.4. The van der Waals surface area contributed by atoms with Crippen LogP contribution in [0.3, 0.4) is 0 Å². The van der Waals surface area contributed by atoms with Crippen molar-refractivity contribution in [2.24, 2.45) is 5.92 Å². The van der Waals surface area contributed by atoms with Gasteiger partial charge in [-0.15, -0.1) is 0 Å². The first-order valence-corrected chi connectivity index (χ1v) is 5.24. The number of ketones is 1. The van der Waals surface area contributed by atoms with Crippen molar-refractivity contribution in [3.8, 4) is 0 Å². The summed E-state index contributed by atoms with van der Waals surface area (Å²) in [6.45, 7) is 6.80. The average molecular weight is 183 g/mol. The lowest BCUT2D eigenvalue weighted by Gasteiger charge is -2.25. The number of hydrogen-bond acceptors (Lipinski definition) is 2. The van der Waals surface area contributed by atoms with Crippen molar-refractivity contribution in [2.75, 3.05) is 6.54 Å². The van der Waals surface area contributed by atoms with E-state index in [1.165, 1.54) is 19.3 Å². The highest BCUT2D eigenvalue weighted by Gasteiger charge is 2.21. The van der Waals surface area contributed by atoms with E-state index in [9.17, 15) is 4.79 Å². The molecule has 1 rings (SSSR count). The highest BCUT2D eigenvalue weighted by Crippen LogP contribution is 2.29. The van der Waals surface area contributed by atoms with E-state index in [4.69, 9.17) is 0 Å². The van der Waals surface area contributed by atoms with Gasteiger partial charge >= 0.3 is 0 Å². The Labute approximate surface area is 81.1 Å². The predicted octanol–water partition coefficient (Wildman–Crippen LogP) is 2.13. The molecular formula is C11H21NO. The van der Waals surface area contributed by atoms with Gasteiger partial charge < -0.3 is 5.32 Å². The van der Waals surface area contributed by atoms with Gasteiger partial charge in [0.1, 0.15) is 5.78 Å². The molecule has 1 aliphatic rings. The molecule has 1 aliphatic carbocycles. The van der Waals surface area contributed by atoms with Crippen molar-refractivity contribution >= 4 is 5.78 Å². The van der Waals surface area contributed by atoms with E-state index in [2.05, 4.69) is 26.1 Å². The fraction of sp³-hybridized carbons (Fsp3) is 0.909. The van der Waals surface area contributed by atoms with Crippen LogP contribution in [0.15, 0.2) is 0 Å². The monoisotopic (exact) mass is 183 g/mol. The second-order valence-corrected chi connectivity index (χ2v) is 5.14. The lowest BCUT2D eigenvalue weighted by molar-refractivity contribution is -0.120. The number of carbonyl (C=O) groups is 1. The maximum Gasteiger partial charge on any atom is 0.146 e. The van der Waals surface area contributed by atoms with Crippen LogP contribution in [0.4, 0.5) is 0 Å². The van der Waals surface area contributed by atoms with Crippen LogP contribution >= 0.6 is 0 Å². The Hall–Kier alpha value is -0.370. The minimum atomic E-state index is 0.0648.